The van der Waals surface area contributed by atoms with Gasteiger partial charge in [0.25, 0.3) is 0 Å². The summed E-state index contributed by atoms with van der Waals surface area (Å²) < 4.78 is 5.13. The minimum atomic E-state index is -1.46. The normalized spacial score (nSPS) is 19.6. The molecule has 0 saturated carbocycles. The number of aromatic nitrogens is 1. The van der Waals surface area contributed by atoms with E-state index in [2.05, 4.69) is 10.1 Å². The van der Waals surface area contributed by atoms with Gasteiger partial charge in [0, 0.05) is 30.1 Å². The summed E-state index contributed by atoms with van der Waals surface area (Å²) in [7, 11) is 1.60. The van der Waals surface area contributed by atoms with Crippen molar-refractivity contribution in [2.24, 2.45) is 5.10 Å². The number of carbonyl (C=O) groups is 1. The Morgan fingerprint density at radius 1 is 1.24 bits per heavy atom. The number of hydrogen-bond donors (Lipinski definition) is 1. The minimum absolute atomic E-state index is 0.151. The Bertz CT molecular complexity index is 774. The maximum atomic E-state index is 12.8. The summed E-state index contributed by atoms with van der Waals surface area (Å²) in [5.74, 6) is 0.477. The number of ether oxygens (including phenoxy) is 1. The van der Waals surface area contributed by atoms with Crippen molar-refractivity contribution in [3.63, 3.8) is 0 Å². The van der Waals surface area contributed by atoms with Crippen molar-refractivity contribution in [3.05, 3.63) is 59.9 Å². The third kappa shape index (κ3) is 3.39. The van der Waals surface area contributed by atoms with E-state index < -0.39 is 5.72 Å². The second kappa shape index (κ2) is 7.03. The highest BCUT2D eigenvalue weighted by molar-refractivity contribution is 5.91. The summed E-state index contributed by atoms with van der Waals surface area (Å²) in [5.41, 5.74) is 0.779. The highest BCUT2D eigenvalue weighted by Gasteiger charge is 2.45. The van der Waals surface area contributed by atoms with Gasteiger partial charge in [0.2, 0.25) is 5.91 Å². The molecule has 0 aliphatic carbocycles. The van der Waals surface area contributed by atoms with Gasteiger partial charge in [0.1, 0.15) is 5.75 Å². The number of hydrogen-bond acceptors (Lipinski definition) is 5. The first-order valence-electron chi connectivity index (χ1n) is 8.22. The molecule has 2 aromatic rings. The zero-order valence-corrected chi connectivity index (χ0v) is 14.3. The van der Waals surface area contributed by atoms with Gasteiger partial charge in [0.15, 0.2) is 5.72 Å². The number of amides is 1. The van der Waals surface area contributed by atoms with Crippen LogP contribution in [0.2, 0.25) is 0 Å². The van der Waals surface area contributed by atoms with Crippen LogP contribution in [0.1, 0.15) is 30.9 Å². The van der Waals surface area contributed by atoms with Gasteiger partial charge in [-0.25, -0.2) is 0 Å². The zero-order valence-electron chi connectivity index (χ0n) is 14.3. The summed E-state index contributed by atoms with van der Waals surface area (Å²) >= 11 is 0. The minimum Gasteiger partial charge on any atom is -0.497 e. The molecule has 1 atom stereocenters. The summed E-state index contributed by atoms with van der Waals surface area (Å²) in [6.45, 7) is 1.96. The number of methoxy groups -OCH3 is 1. The van der Waals surface area contributed by atoms with Crippen LogP contribution in [-0.2, 0) is 16.9 Å². The highest BCUT2D eigenvalue weighted by atomic mass is 16.5. The van der Waals surface area contributed by atoms with Gasteiger partial charge in [-0.3, -0.25) is 9.78 Å². The van der Waals surface area contributed by atoms with Crippen molar-refractivity contribution in [2.45, 2.75) is 31.9 Å². The average Bonchev–Trinajstić information content (AvgIpc) is 3.01. The van der Waals surface area contributed by atoms with Crippen LogP contribution in [0.4, 0.5) is 0 Å². The van der Waals surface area contributed by atoms with Crippen LogP contribution in [0.3, 0.4) is 0 Å². The van der Waals surface area contributed by atoms with Crippen molar-refractivity contribution >= 4 is 11.6 Å². The molecule has 0 bridgehead atoms. The first kappa shape index (κ1) is 17.1. The molecule has 1 aliphatic heterocycles. The number of rotatable bonds is 5. The van der Waals surface area contributed by atoms with Gasteiger partial charge in [-0.1, -0.05) is 19.1 Å². The zero-order chi connectivity index (χ0) is 17.9. The third-order valence-electron chi connectivity index (χ3n) is 4.34. The fourth-order valence-electron chi connectivity index (χ4n) is 2.91. The van der Waals surface area contributed by atoms with Crippen molar-refractivity contribution in [3.8, 4) is 5.75 Å². The molecular weight excluding hydrogens is 318 g/mol. The summed E-state index contributed by atoms with van der Waals surface area (Å²) in [5, 5.41) is 16.8. The van der Waals surface area contributed by atoms with E-state index in [0.717, 1.165) is 17.0 Å². The Balaban J connectivity index is 1.86. The van der Waals surface area contributed by atoms with E-state index in [1.165, 1.54) is 5.01 Å². The lowest BCUT2D eigenvalue weighted by atomic mass is 9.97. The molecule has 1 N–H and O–H groups in total. The second-order valence-corrected chi connectivity index (χ2v) is 5.98. The topological polar surface area (TPSA) is 75.0 Å². The van der Waals surface area contributed by atoms with Crippen LogP contribution < -0.4 is 4.74 Å². The van der Waals surface area contributed by atoms with Crippen molar-refractivity contribution < 1.29 is 14.6 Å². The van der Waals surface area contributed by atoms with Gasteiger partial charge < -0.3 is 9.84 Å². The number of nitrogens with zero attached hydrogens (tertiary/aromatic N) is 3. The first-order valence-corrected chi connectivity index (χ1v) is 8.22. The SMILES string of the molecule is CCC1=NN(C(=O)Cc2ccc(OC)cc2)C(O)(c2ccncc2)C1. The monoisotopic (exact) mass is 339 g/mol. The van der Waals surface area contributed by atoms with E-state index in [-0.39, 0.29) is 12.3 Å². The second-order valence-electron chi connectivity index (χ2n) is 5.98. The summed E-state index contributed by atoms with van der Waals surface area (Å²) in [6, 6.07) is 10.7. The molecule has 1 aromatic carbocycles. The number of hydrazone groups is 1. The van der Waals surface area contributed by atoms with Crippen LogP contribution in [0.25, 0.3) is 0 Å². The average molecular weight is 339 g/mol. The first-order chi connectivity index (χ1) is 12.1. The molecule has 0 spiro atoms. The molecule has 0 fully saturated rings. The van der Waals surface area contributed by atoms with Gasteiger partial charge in [-0.2, -0.15) is 10.1 Å². The Morgan fingerprint density at radius 3 is 2.52 bits per heavy atom. The molecule has 6 nitrogen and oxygen atoms in total. The van der Waals surface area contributed by atoms with Gasteiger partial charge in [-0.15, -0.1) is 0 Å². The summed E-state index contributed by atoms with van der Waals surface area (Å²) in [4.78, 5) is 16.8. The van der Waals surface area contributed by atoms with E-state index in [9.17, 15) is 9.90 Å². The van der Waals surface area contributed by atoms with Crippen molar-refractivity contribution in [2.75, 3.05) is 7.11 Å². The van der Waals surface area contributed by atoms with Gasteiger partial charge >= 0.3 is 0 Å². The number of aliphatic hydroxyl groups is 1. The molecule has 2 heterocycles. The van der Waals surface area contributed by atoms with Crippen LogP contribution in [-0.4, -0.2) is 33.8 Å². The van der Waals surface area contributed by atoms with Crippen LogP contribution >= 0.6 is 0 Å². The number of pyridine rings is 1. The van der Waals surface area contributed by atoms with E-state index in [1.807, 2.05) is 31.2 Å². The molecule has 25 heavy (non-hydrogen) atoms. The molecular formula is C19H21N3O3. The molecule has 6 heteroatoms. The fourth-order valence-corrected chi connectivity index (χ4v) is 2.91. The molecule has 1 aromatic heterocycles. The standard InChI is InChI=1S/C19H21N3O3/c1-3-16-13-19(24,15-8-10-20-11-9-15)22(21-16)18(23)12-14-4-6-17(25-2)7-5-14/h4-11,24H,3,12-13H2,1-2H3. The number of benzene rings is 1. The van der Waals surface area contributed by atoms with E-state index in [1.54, 1.807) is 31.6 Å². The molecule has 1 unspecified atom stereocenters. The molecule has 0 saturated heterocycles. The lowest BCUT2D eigenvalue weighted by Crippen LogP contribution is -2.44. The predicted molar refractivity (Wildman–Crippen MR) is 94.0 cm³/mol. The maximum absolute atomic E-state index is 12.8. The van der Waals surface area contributed by atoms with E-state index >= 15 is 0 Å². The fraction of sp³-hybridized carbons (Fsp3) is 0.316. The highest BCUT2D eigenvalue weighted by Crippen LogP contribution is 2.36. The largest absolute Gasteiger partial charge is 0.497 e. The van der Waals surface area contributed by atoms with Crippen LogP contribution in [0.5, 0.6) is 5.75 Å². The molecule has 3 rings (SSSR count). The van der Waals surface area contributed by atoms with Gasteiger partial charge in [0.05, 0.1) is 13.5 Å². The number of carbonyl (C=O) groups excluding carboxylic acids is 1. The molecule has 1 aliphatic rings. The summed E-state index contributed by atoms with van der Waals surface area (Å²) in [6.07, 6.45) is 4.34. The van der Waals surface area contributed by atoms with Crippen molar-refractivity contribution in [1.82, 2.24) is 9.99 Å². The predicted octanol–water partition coefficient (Wildman–Crippen LogP) is 2.48. The maximum Gasteiger partial charge on any atom is 0.250 e. The smallest absolute Gasteiger partial charge is 0.250 e. The Labute approximate surface area is 146 Å². The van der Waals surface area contributed by atoms with Crippen LogP contribution in [0, 0.1) is 0 Å². The van der Waals surface area contributed by atoms with E-state index in [0.29, 0.717) is 18.4 Å². The third-order valence-corrected chi connectivity index (χ3v) is 4.34. The molecule has 0 radical (unpaired) electrons. The lowest BCUT2D eigenvalue weighted by Gasteiger charge is -2.31. The van der Waals surface area contributed by atoms with E-state index in [4.69, 9.17) is 4.74 Å². The van der Waals surface area contributed by atoms with Crippen molar-refractivity contribution in [1.29, 1.82) is 0 Å². The molecule has 130 valence electrons. The Hall–Kier alpha value is -2.73. The van der Waals surface area contributed by atoms with Crippen LogP contribution in [0.15, 0.2) is 53.9 Å². The lowest BCUT2D eigenvalue weighted by molar-refractivity contribution is -0.157. The quantitative estimate of drug-likeness (QED) is 0.908. The Morgan fingerprint density at radius 2 is 1.92 bits per heavy atom. The van der Waals surface area contributed by atoms with Gasteiger partial charge in [-0.05, 0) is 36.2 Å². The molecule has 1 amide bonds. The Kier molecular flexibility index (Phi) is 4.81.